The second kappa shape index (κ2) is 11.1. The minimum atomic E-state index is -0.740. The Morgan fingerprint density at radius 3 is 2.70 bits per heavy atom. The Kier molecular flexibility index (Phi) is 8.80. The molecule has 0 spiro atoms. The van der Waals surface area contributed by atoms with E-state index in [2.05, 4.69) is 0 Å². The van der Waals surface area contributed by atoms with Gasteiger partial charge in [0.1, 0.15) is 18.8 Å². The van der Waals surface area contributed by atoms with Gasteiger partial charge in [0.15, 0.2) is 0 Å². The van der Waals surface area contributed by atoms with Gasteiger partial charge in [0, 0.05) is 13.3 Å². The van der Waals surface area contributed by atoms with Gasteiger partial charge in [-0.25, -0.2) is 4.79 Å². The Morgan fingerprint density at radius 2 is 2.07 bits per heavy atom. The summed E-state index contributed by atoms with van der Waals surface area (Å²) in [5.74, 6) is -2.56. The molecule has 2 N–H and O–H groups in total. The number of carbonyl (C=O) groups is 3. The molecule has 1 aliphatic heterocycles. The highest BCUT2D eigenvalue weighted by Gasteiger charge is 2.47. The first-order chi connectivity index (χ1) is 14.3. The molecule has 8 heteroatoms. The fourth-order valence-corrected chi connectivity index (χ4v) is 3.73. The van der Waals surface area contributed by atoms with E-state index in [9.17, 15) is 24.6 Å². The Morgan fingerprint density at radius 1 is 1.33 bits per heavy atom. The summed E-state index contributed by atoms with van der Waals surface area (Å²) in [5, 5.41) is 19.2. The van der Waals surface area contributed by atoms with Gasteiger partial charge < -0.3 is 24.4 Å². The van der Waals surface area contributed by atoms with Gasteiger partial charge in [-0.1, -0.05) is 18.6 Å². The van der Waals surface area contributed by atoms with Crippen LogP contribution < -0.4 is 0 Å². The first-order valence-corrected chi connectivity index (χ1v) is 10.1. The van der Waals surface area contributed by atoms with Crippen LogP contribution in [-0.4, -0.2) is 60.1 Å². The highest BCUT2D eigenvalue weighted by atomic mass is 16.6. The third-order valence-corrected chi connectivity index (χ3v) is 5.40. The average molecular weight is 422 g/mol. The molecule has 1 fully saturated rings. The first-order valence-electron chi connectivity index (χ1n) is 10.1. The lowest BCUT2D eigenvalue weighted by Crippen LogP contribution is -2.36. The summed E-state index contributed by atoms with van der Waals surface area (Å²) in [5.41, 5.74) is 1.72. The van der Waals surface area contributed by atoms with Crippen LogP contribution in [0.2, 0.25) is 0 Å². The van der Waals surface area contributed by atoms with E-state index in [1.807, 2.05) is 13.0 Å². The van der Waals surface area contributed by atoms with E-state index in [1.54, 1.807) is 13.0 Å². The number of aliphatic hydroxyl groups excluding tert-OH is 2. The average Bonchev–Trinajstić information content (AvgIpc) is 2.96. The number of fused-ring (bicyclic) bond motifs is 1. The van der Waals surface area contributed by atoms with E-state index in [0.717, 1.165) is 11.1 Å². The summed E-state index contributed by atoms with van der Waals surface area (Å²) in [6, 6.07) is 0. The van der Waals surface area contributed by atoms with Crippen LogP contribution in [-0.2, 0) is 28.6 Å². The normalized spacial score (nSPS) is 30.8. The molecule has 0 aromatic rings. The lowest BCUT2D eigenvalue weighted by atomic mass is 9.82. The Hall–Kier alpha value is -2.45. The molecule has 30 heavy (non-hydrogen) atoms. The molecule has 1 heterocycles. The molecule has 0 amide bonds. The van der Waals surface area contributed by atoms with Crippen LogP contribution >= 0.6 is 0 Å². The summed E-state index contributed by atoms with van der Waals surface area (Å²) in [6.07, 6.45) is 5.58. The van der Waals surface area contributed by atoms with Crippen LogP contribution in [0.4, 0.5) is 0 Å². The molecule has 0 bridgehead atoms. The van der Waals surface area contributed by atoms with E-state index in [-0.39, 0.29) is 24.8 Å². The fourth-order valence-electron chi connectivity index (χ4n) is 3.73. The van der Waals surface area contributed by atoms with Crippen LogP contribution in [0.1, 0.15) is 40.0 Å². The highest BCUT2D eigenvalue weighted by Crippen LogP contribution is 2.37. The SMILES string of the molecule is CC(=O)OC/C=C(/CO)C(=O)O[C@H]1C/C(C)=C/CC/C(CO)=C/[C@H]2OC(=O)[C@@H](C)C12. The quantitative estimate of drug-likeness (QED) is 0.287. The molecule has 2 rings (SSSR count). The predicted octanol–water partition coefficient (Wildman–Crippen LogP) is 1.61. The molecule has 0 saturated carbocycles. The zero-order chi connectivity index (χ0) is 22.3. The molecule has 0 radical (unpaired) electrons. The van der Waals surface area contributed by atoms with Gasteiger partial charge in [-0.15, -0.1) is 0 Å². The zero-order valence-corrected chi connectivity index (χ0v) is 17.6. The minimum Gasteiger partial charge on any atom is -0.462 e. The van der Waals surface area contributed by atoms with Crippen LogP contribution in [0.3, 0.4) is 0 Å². The summed E-state index contributed by atoms with van der Waals surface area (Å²) in [4.78, 5) is 35.9. The molecule has 2 aliphatic rings. The number of hydrogen-bond donors (Lipinski definition) is 2. The predicted molar refractivity (Wildman–Crippen MR) is 107 cm³/mol. The van der Waals surface area contributed by atoms with Gasteiger partial charge in [-0.2, -0.15) is 0 Å². The van der Waals surface area contributed by atoms with Crippen LogP contribution in [0.25, 0.3) is 0 Å². The Bertz CT molecular complexity index is 748. The maximum Gasteiger partial charge on any atom is 0.336 e. The standard InChI is InChI=1S/C22H30O8/c1-13-5-4-6-16(11-23)10-19-20(14(2)21(26)29-19)18(9-13)30-22(27)17(12-24)7-8-28-15(3)25/h5,7,10,14,18-20,23-24H,4,6,8-9,11-12H2,1-3H3/b13-5+,16-10-,17-7-/t14-,18-,19+,20?/m0/s1. The molecule has 0 aromatic heterocycles. The van der Waals surface area contributed by atoms with Crippen molar-refractivity contribution in [2.24, 2.45) is 11.8 Å². The van der Waals surface area contributed by atoms with Gasteiger partial charge in [0.05, 0.1) is 30.6 Å². The summed E-state index contributed by atoms with van der Waals surface area (Å²) < 4.78 is 16.0. The molecular weight excluding hydrogens is 392 g/mol. The van der Waals surface area contributed by atoms with Crippen molar-refractivity contribution < 1.29 is 38.8 Å². The number of carbonyl (C=O) groups excluding carboxylic acids is 3. The maximum absolute atomic E-state index is 12.7. The zero-order valence-electron chi connectivity index (χ0n) is 17.6. The summed E-state index contributed by atoms with van der Waals surface area (Å²) >= 11 is 0. The summed E-state index contributed by atoms with van der Waals surface area (Å²) in [6.45, 7) is 4.03. The van der Waals surface area contributed by atoms with Crippen LogP contribution in [0, 0.1) is 11.8 Å². The Balaban J connectivity index is 2.30. The topological polar surface area (TPSA) is 119 Å². The number of aliphatic hydroxyl groups is 2. The number of rotatable bonds is 6. The largest absolute Gasteiger partial charge is 0.462 e. The van der Waals surface area contributed by atoms with Crippen molar-refractivity contribution in [2.45, 2.75) is 52.2 Å². The van der Waals surface area contributed by atoms with E-state index in [0.29, 0.717) is 19.3 Å². The van der Waals surface area contributed by atoms with Crippen molar-refractivity contribution >= 4 is 17.9 Å². The van der Waals surface area contributed by atoms with Crippen molar-refractivity contribution in [1.29, 1.82) is 0 Å². The second-order valence-corrected chi connectivity index (χ2v) is 7.68. The maximum atomic E-state index is 12.7. The number of esters is 3. The molecular formula is C22H30O8. The van der Waals surface area contributed by atoms with Crippen molar-refractivity contribution in [3.8, 4) is 0 Å². The number of hydrogen-bond acceptors (Lipinski definition) is 8. The molecule has 166 valence electrons. The van der Waals surface area contributed by atoms with Crippen molar-refractivity contribution in [1.82, 2.24) is 0 Å². The first kappa shape index (κ1) is 23.8. The molecule has 1 aliphatic carbocycles. The van der Waals surface area contributed by atoms with E-state index >= 15 is 0 Å². The molecule has 1 saturated heterocycles. The number of ether oxygens (including phenoxy) is 3. The smallest absolute Gasteiger partial charge is 0.336 e. The van der Waals surface area contributed by atoms with Crippen LogP contribution in [0.15, 0.2) is 34.9 Å². The number of allylic oxidation sites excluding steroid dienone is 1. The van der Waals surface area contributed by atoms with Gasteiger partial charge >= 0.3 is 17.9 Å². The second-order valence-electron chi connectivity index (χ2n) is 7.68. The minimum absolute atomic E-state index is 0.0315. The monoisotopic (exact) mass is 422 g/mol. The third-order valence-electron chi connectivity index (χ3n) is 5.40. The van der Waals surface area contributed by atoms with Gasteiger partial charge in [0.2, 0.25) is 0 Å². The van der Waals surface area contributed by atoms with E-state index in [4.69, 9.17) is 14.2 Å². The fraction of sp³-hybridized carbons (Fsp3) is 0.591. The lowest BCUT2D eigenvalue weighted by molar-refractivity contribution is -0.149. The van der Waals surface area contributed by atoms with Gasteiger partial charge in [-0.3, -0.25) is 9.59 Å². The molecule has 1 unspecified atom stereocenters. The van der Waals surface area contributed by atoms with Crippen molar-refractivity contribution in [3.63, 3.8) is 0 Å². The summed E-state index contributed by atoms with van der Waals surface area (Å²) in [7, 11) is 0. The van der Waals surface area contributed by atoms with Crippen molar-refractivity contribution in [2.75, 3.05) is 19.8 Å². The van der Waals surface area contributed by atoms with E-state index < -0.39 is 42.6 Å². The molecule has 0 aromatic carbocycles. The molecule has 4 atom stereocenters. The molecule has 8 nitrogen and oxygen atoms in total. The van der Waals surface area contributed by atoms with Gasteiger partial charge in [-0.05, 0) is 37.5 Å². The third kappa shape index (κ3) is 6.27. The van der Waals surface area contributed by atoms with Gasteiger partial charge in [0.25, 0.3) is 0 Å². The van der Waals surface area contributed by atoms with Crippen molar-refractivity contribution in [3.05, 3.63) is 34.9 Å². The Labute approximate surface area is 176 Å². The van der Waals surface area contributed by atoms with Crippen LogP contribution in [0.5, 0.6) is 0 Å². The highest BCUT2D eigenvalue weighted by molar-refractivity contribution is 5.89. The lowest BCUT2D eigenvalue weighted by Gasteiger charge is -2.29. The van der Waals surface area contributed by atoms with E-state index in [1.165, 1.54) is 13.0 Å².